The Labute approximate surface area is 66.7 Å². The minimum Gasteiger partial charge on any atom is -0.308 e. The highest BCUT2D eigenvalue weighted by Gasteiger charge is 2.27. The van der Waals surface area contributed by atoms with Crippen molar-refractivity contribution in [3.8, 4) is 0 Å². The zero-order valence-corrected chi connectivity index (χ0v) is 6.62. The summed E-state index contributed by atoms with van der Waals surface area (Å²) in [5.41, 5.74) is 1.17. The Balaban J connectivity index is 2.17. The molecule has 1 aliphatic heterocycles. The fourth-order valence-corrected chi connectivity index (χ4v) is 1.43. The highest BCUT2D eigenvalue weighted by molar-refractivity contribution is 5.12. The molecule has 0 radical (unpaired) electrons. The van der Waals surface area contributed by atoms with Gasteiger partial charge < -0.3 is 5.32 Å². The average Bonchev–Trinajstić information content (AvgIpc) is 2.04. The third-order valence-electron chi connectivity index (χ3n) is 2.24. The molecule has 0 saturated carbocycles. The molecule has 1 fully saturated rings. The van der Waals surface area contributed by atoms with Crippen molar-refractivity contribution in [2.24, 2.45) is 5.92 Å². The fraction of sp³-hybridized carbons (Fsp3) is 0.444. The van der Waals surface area contributed by atoms with Crippen molar-refractivity contribution < 1.29 is 0 Å². The lowest BCUT2D eigenvalue weighted by Crippen LogP contribution is -2.44. The minimum absolute atomic E-state index is 0.496. The summed E-state index contributed by atoms with van der Waals surface area (Å²) in [6.07, 6.45) is 1.85. The van der Waals surface area contributed by atoms with Crippen molar-refractivity contribution in [1.29, 1.82) is 0 Å². The molecule has 0 aliphatic carbocycles. The third-order valence-corrected chi connectivity index (χ3v) is 2.24. The van der Waals surface area contributed by atoms with E-state index in [1.807, 2.05) is 18.3 Å². The molecule has 2 atom stereocenters. The second-order valence-electron chi connectivity index (χ2n) is 3.12. The molecule has 58 valence electrons. The number of hydrogen-bond donors (Lipinski definition) is 1. The number of nitrogens with zero attached hydrogens (tertiary/aromatic N) is 1. The van der Waals surface area contributed by atoms with Crippen molar-refractivity contribution >= 4 is 0 Å². The van der Waals surface area contributed by atoms with Gasteiger partial charge in [0.2, 0.25) is 0 Å². The first-order valence-corrected chi connectivity index (χ1v) is 4.02. The van der Waals surface area contributed by atoms with Crippen molar-refractivity contribution in [2.75, 3.05) is 6.54 Å². The van der Waals surface area contributed by atoms with Crippen molar-refractivity contribution in [3.05, 3.63) is 30.1 Å². The summed E-state index contributed by atoms with van der Waals surface area (Å²) < 4.78 is 0. The Hall–Kier alpha value is -0.890. The maximum Gasteiger partial charge on any atom is 0.0576 e. The fourth-order valence-electron chi connectivity index (χ4n) is 1.43. The van der Waals surface area contributed by atoms with Crippen LogP contribution in [0.4, 0.5) is 0 Å². The molecule has 2 heterocycles. The van der Waals surface area contributed by atoms with E-state index in [9.17, 15) is 0 Å². The van der Waals surface area contributed by atoms with Gasteiger partial charge in [-0.1, -0.05) is 13.0 Å². The van der Waals surface area contributed by atoms with Crippen LogP contribution in [0.25, 0.3) is 0 Å². The molecule has 1 N–H and O–H groups in total. The molecule has 0 bridgehead atoms. The molecule has 2 rings (SSSR count). The van der Waals surface area contributed by atoms with Gasteiger partial charge in [0.25, 0.3) is 0 Å². The Morgan fingerprint density at radius 3 is 2.91 bits per heavy atom. The van der Waals surface area contributed by atoms with Gasteiger partial charge in [-0.05, 0) is 18.1 Å². The van der Waals surface area contributed by atoms with Gasteiger partial charge in [0.15, 0.2) is 0 Å². The lowest BCUT2D eigenvalue weighted by atomic mass is 9.91. The standard InChI is InChI=1S/C9H12N2/c1-7-6-11-9(7)8-4-2-3-5-10-8/h2-5,7,9,11H,6H2,1H3. The zero-order chi connectivity index (χ0) is 7.68. The molecule has 1 saturated heterocycles. The quantitative estimate of drug-likeness (QED) is 0.650. The topological polar surface area (TPSA) is 24.9 Å². The molecule has 2 unspecified atom stereocenters. The largest absolute Gasteiger partial charge is 0.308 e. The van der Waals surface area contributed by atoms with Crippen LogP contribution in [0, 0.1) is 5.92 Å². The van der Waals surface area contributed by atoms with Gasteiger partial charge in [-0.15, -0.1) is 0 Å². The van der Waals surface area contributed by atoms with Gasteiger partial charge in [-0.25, -0.2) is 0 Å². The van der Waals surface area contributed by atoms with E-state index in [4.69, 9.17) is 0 Å². The molecule has 11 heavy (non-hydrogen) atoms. The van der Waals surface area contributed by atoms with Gasteiger partial charge in [0.1, 0.15) is 0 Å². The summed E-state index contributed by atoms with van der Waals surface area (Å²) in [5, 5.41) is 3.35. The molecular weight excluding hydrogens is 136 g/mol. The van der Waals surface area contributed by atoms with E-state index < -0.39 is 0 Å². The summed E-state index contributed by atoms with van der Waals surface area (Å²) in [7, 11) is 0. The van der Waals surface area contributed by atoms with Gasteiger partial charge in [-0.2, -0.15) is 0 Å². The number of rotatable bonds is 1. The van der Waals surface area contributed by atoms with Crippen LogP contribution in [0.1, 0.15) is 18.7 Å². The van der Waals surface area contributed by atoms with Crippen LogP contribution in [0.3, 0.4) is 0 Å². The SMILES string of the molecule is CC1CNC1c1ccccn1. The molecule has 2 nitrogen and oxygen atoms in total. The third kappa shape index (κ3) is 1.14. The summed E-state index contributed by atoms with van der Waals surface area (Å²) in [6.45, 7) is 3.37. The van der Waals surface area contributed by atoms with Crippen LogP contribution >= 0.6 is 0 Å². The van der Waals surface area contributed by atoms with E-state index in [-0.39, 0.29) is 0 Å². The Morgan fingerprint density at radius 1 is 1.55 bits per heavy atom. The van der Waals surface area contributed by atoms with Crippen molar-refractivity contribution in [3.63, 3.8) is 0 Å². The van der Waals surface area contributed by atoms with E-state index in [0.717, 1.165) is 12.5 Å². The van der Waals surface area contributed by atoms with E-state index in [1.54, 1.807) is 0 Å². The normalized spacial score (nSPS) is 29.5. The van der Waals surface area contributed by atoms with E-state index in [1.165, 1.54) is 5.69 Å². The first-order chi connectivity index (χ1) is 5.38. The maximum absolute atomic E-state index is 4.29. The molecular formula is C9H12N2. The summed E-state index contributed by atoms with van der Waals surface area (Å²) in [4.78, 5) is 4.29. The Bertz CT molecular complexity index is 233. The first-order valence-electron chi connectivity index (χ1n) is 4.02. The van der Waals surface area contributed by atoms with Crippen LogP contribution in [0.2, 0.25) is 0 Å². The second-order valence-corrected chi connectivity index (χ2v) is 3.12. The van der Waals surface area contributed by atoms with Gasteiger partial charge in [0.05, 0.1) is 11.7 Å². The minimum atomic E-state index is 0.496. The number of aromatic nitrogens is 1. The molecule has 2 heteroatoms. The van der Waals surface area contributed by atoms with Gasteiger partial charge in [0, 0.05) is 12.7 Å². The monoisotopic (exact) mass is 148 g/mol. The van der Waals surface area contributed by atoms with Crippen molar-refractivity contribution in [1.82, 2.24) is 10.3 Å². The highest BCUT2D eigenvalue weighted by atomic mass is 15.0. The molecule has 1 aliphatic rings. The molecule has 0 spiro atoms. The molecule has 1 aromatic rings. The smallest absolute Gasteiger partial charge is 0.0576 e. The number of nitrogens with one attached hydrogen (secondary N) is 1. The van der Waals surface area contributed by atoms with Crippen LogP contribution in [-0.4, -0.2) is 11.5 Å². The average molecular weight is 148 g/mol. The maximum atomic E-state index is 4.29. The first kappa shape index (κ1) is 6.80. The van der Waals surface area contributed by atoms with Gasteiger partial charge >= 0.3 is 0 Å². The van der Waals surface area contributed by atoms with E-state index in [0.29, 0.717) is 6.04 Å². The number of pyridine rings is 1. The van der Waals surface area contributed by atoms with Gasteiger partial charge in [-0.3, -0.25) is 4.98 Å². The molecule has 0 amide bonds. The lowest BCUT2D eigenvalue weighted by Gasteiger charge is -2.34. The summed E-state index contributed by atoms with van der Waals surface area (Å²) >= 11 is 0. The van der Waals surface area contributed by atoms with Crippen LogP contribution in [0.5, 0.6) is 0 Å². The predicted octanol–water partition coefficient (Wildman–Crippen LogP) is 1.36. The van der Waals surface area contributed by atoms with Crippen LogP contribution in [0.15, 0.2) is 24.4 Å². The second kappa shape index (κ2) is 2.62. The molecule has 0 aromatic carbocycles. The number of hydrogen-bond acceptors (Lipinski definition) is 2. The highest BCUT2D eigenvalue weighted by Crippen LogP contribution is 2.26. The van der Waals surface area contributed by atoms with E-state index in [2.05, 4.69) is 23.3 Å². The molecule has 1 aromatic heterocycles. The predicted molar refractivity (Wildman–Crippen MR) is 44.1 cm³/mol. The van der Waals surface area contributed by atoms with Crippen LogP contribution in [-0.2, 0) is 0 Å². The van der Waals surface area contributed by atoms with Crippen molar-refractivity contribution in [2.45, 2.75) is 13.0 Å². The zero-order valence-electron chi connectivity index (χ0n) is 6.62. The Morgan fingerprint density at radius 2 is 2.45 bits per heavy atom. The van der Waals surface area contributed by atoms with Crippen LogP contribution < -0.4 is 5.32 Å². The summed E-state index contributed by atoms with van der Waals surface area (Å²) in [5.74, 6) is 0.741. The Kier molecular flexibility index (Phi) is 1.62. The lowest BCUT2D eigenvalue weighted by molar-refractivity contribution is 0.253. The van der Waals surface area contributed by atoms with E-state index >= 15 is 0 Å². The summed E-state index contributed by atoms with van der Waals surface area (Å²) in [6, 6.07) is 6.56.